The van der Waals surface area contributed by atoms with Crippen LogP contribution in [0.5, 0.6) is 17.2 Å². The van der Waals surface area contributed by atoms with Crippen LogP contribution in [0.3, 0.4) is 0 Å². The van der Waals surface area contributed by atoms with Gasteiger partial charge in [-0.15, -0.1) is 0 Å². The largest absolute Gasteiger partial charge is 0.494 e. The van der Waals surface area contributed by atoms with Crippen molar-refractivity contribution in [2.75, 3.05) is 25.7 Å². The summed E-state index contributed by atoms with van der Waals surface area (Å²) in [4.78, 5) is 38.5. The molecule has 1 saturated heterocycles. The van der Waals surface area contributed by atoms with E-state index in [4.69, 9.17) is 25.8 Å². The fraction of sp³-hybridized carbons (Fsp3) is 0.190. The number of benzene rings is 2. The number of carbonyl (C=O) groups excluding carboxylic acids is 3. The summed E-state index contributed by atoms with van der Waals surface area (Å²) in [6.07, 6.45) is 1.33. The lowest BCUT2D eigenvalue weighted by Gasteiger charge is -2.26. The van der Waals surface area contributed by atoms with E-state index in [0.29, 0.717) is 35.1 Å². The Morgan fingerprint density at radius 1 is 1.07 bits per heavy atom. The molecular weight excluding hydrogens is 412 g/mol. The highest BCUT2D eigenvalue weighted by molar-refractivity contribution is 6.39. The highest BCUT2D eigenvalue weighted by Gasteiger charge is 2.36. The Balaban J connectivity index is 1.99. The van der Waals surface area contributed by atoms with Gasteiger partial charge in [0.1, 0.15) is 11.3 Å². The van der Waals surface area contributed by atoms with Crippen molar-refractivity contribution in [3.05, 3.63) is 52.6 Å². The van der Waals surface area contributed by atoms with E-state index in [1.54, 1.807) is 30.3 Å². The number of carbonyl (C=O) groups is 3. The molecular formula is C21H19ClN2O6. The van der Waals surface area contributed by atoms with E-state index in [9.17, 15) is 14.4 Å². The van der Waals surface area contributed by atoms with Crippen LogP contribution in [0.4, 0.5) is 10.5 Å². The molecule has 30 heavy (non-hydrogen) atoms. The molecule has 0 aromatic heterocycles. The van der Waals surface area contributed by atoms with Gasteiger partial charge in [-0.2, -0.15) is 0 Å². The van der Waals surface area contributed by atoms with Gasteiger partial charge in [0.15, 0.2) is 11.5 Å². The van der Waals surface area contributed by atoms with Crippen LogP contribution < -0.4 is 24.4 Å². The summed E-state index contributed by atoms with van der Waals surface area (Å²) in [5, 5.41) is 2.42. The number of anilines is 1. The number of nitrogens with zero attached hydrogens (tertiary/aromatic N) is 1. The number of ether oxygens (including phenoxy) is 3. The molecule has 0 bridgehead atoms. The molecule has 2 aromatic carbocycles. The van der Waals surface area contributed by atoms with Crippen LogP contribution in [-0.2, 0) is 9.59 Å². The summed E-state index contributed by atoms with van der Waals surface area (Å²) in [5.74, 6) is -0.318. The highest BCUT2D eigenvalue weighted by atomic mass is 35.5. The molecule has 2 aromatic rings. The number of halogens is 1. The molecule has 0 aliphatic carbocycles. The maximum Gasteiger partial charge on any atom is 0.335 e. The third kappa shape index (κ3) is 4.08. The zero-order valence-electron chi connectivity index (χ0n) is 16.5. The van der Waals surface area contributed by atoms with Gasteiger partial charge in [0.05, 0.1) is 31.5 Å². The molecule has 3 rings (SSSR count). The van der Waals surface area contributed by atoms with Gasteiger partial charge in [-0.3, -0.25) is 14.9 Å². The quantitative estimate of drug-likeness (QED) is 0.557. The van der Waals surface area contributed by atoms with Crippen molar-refractivity contribution in [2.45, 2.75) is 6.92 Å². The summed E-state index contributed by atoms with van der Waals surface area (Å²) in [5.41, 5.74) is 0.494. The van der Waals surface area contributed by atoms with Crippen molar-refractivity contribution in [1.82, 2.24) is 5.32 Å². The minimum Gasteiger partial charge on any atom is -0.494 e. The number of hydrogen-bond acceptors (Lipinski definition) is 6. The molecule has 0 radical (unpaired) electrons. The van der Waals surface area contributed by atoms with Gasteiger partial charge in [-0.25, -0.2) is 9.69 Å². The number of hydrogen-bond donors (Lipinski definition) is 1. The normalized spacial score (nSPS) is 15.3. The summed E-state index contributed by atoms with van der Waals surface area (Å²) in [7, 11) is 2.89. The minimum atomic E-state index is -0.836. The molecule has 1 fully saturated rings. The summed E-state index contributed by atoms with van der Waals surface area (Å²) in [6, 6.07) is 8.63. The number of urea groups is 1. The van der Waals surface area contributed by atoms with Gasteiger partial charge >= 0.3 is 6.03 Å². The Morgan fingerprint density at radius 2 is 1.77 bits per heavy atom. The number of rotatable bonds is 6. The molecule has 0 spiro atoms. The van der Waals surface area contributed by atoms with Crippen molar-refractivity contribution in [1.29, 1.82) is 0 Å². The number of amides is 4. The number of nitrogens with one attached hydrogen (secondary N) is 1. The molecule has 1 heterocycles. The fourth-order valence-corrected chi connectivity index (χ4v) is 3.23. The van der Waals surface area contributed by atoms with Crippen LogP contribution >= 0.6 is 11.6 Å². The lowest BCUT2D eigenvalue weighted by atomic mass is 10.1. The molecule has 9 heteroatoms. The summed E-state index contributed by atoms with van der Waals surface area (Å²) in [6.45, 7) is 2.33. The molecule has 0 unspecified atom stereocenters. The molecule has 0 saturated carbocycles. The number of methoxy groups -OCH3 is 2. The average Bonchev–Trinajstić information content (AvgIpc) is 2.72. The lowest BCUT2D eigenvalue weighted by Crippen LogP contribution is -2.54. The predicted octanol–water partition coefficient (Wildman–Crippen LogP) is 3.42. The molecule has 0 atom stereocenters. The molecule has 1 aliphatic heterocycles. The van der Waals surface area contributed by atoms with Gasteiger partial charge in [0, 0.05) is 0 Å². The monoisotopic (exact) mass is 430 g/mol. The average molecular weight is 431 g/mol. The third-order valence-corrected chi connectivity index (χ3v) is 4.56. The molecule has 1 N–H and O–H groups in total. The Bertz CT molecular complexity index is 1030. The van der Waals surface area contributed by atoms with Gasteiger partial charge < -0.3 is 14.2 Å². The minimum absolute atomic E-state index is 0.230. The molecule has 8 nitrogen and oxygen atoms in total. The van der Waals surface area contributed by atoms with Crippen LogP contribution in [-0.4, -0.2) is 38.7 Å². The Kier molecular flexibility index (Phi) is 6.27. The van der Waals surface area contributed by atoms with Gasteiger partial charge in [-0.05, 0) is 55.0 Å². The maximum absolute atomic E-state index is 13.0. The van der Waals surface area contributed by atoms with Gasteiger partial charge in [-0.1, -0.05) is 11.6 Å². The van der Waals surface area contributed by atoms with Crippen LogP contribution in [0.25, 0.3) is 6.08 Å². The molecule has 156 valence electrons. The number of barbiturate groups is 1. The van der Waals surface area contributed by atoms with Crippen molar-refractivity contribution in [3.8, 4) is 17.2 Å². The second-order valence-electron chi connectivity index (χ2n) is 6.12. The number of imide groups is 2. The predicted molar refractivity (Wildman–Crippen MR) is 111 cm³/mol. The van der Waals surface area contributed by atoms with E-state index in [-0.39, 0.29) is 10.6 Å². The van der Waals surface area contributed by atoms with Crippen molar-refractivity contribution in [2.24, 2.45) is 0 Å². The first kappa shape index (κ1) is 21.2. The Hall–Kier alpha value is -3.52. The Morgan fingerprint density at radius 3 is 2.37 bits per heavy atom. The van der Waals surface area contributed by atoms with E-state index in [2.05, 4.69) is 5.32 Å². The van der Waals surface area contributed by atoms with Crippen molar-refractivity contribution in [3.63, 3.8) is 0 Å². The zero-order valence-corrected chi connectivity index (χ0v) is 17.3. The van der Waals surface area contributed by atoms with Crippen molar-refractivity contribution < 1.29 is 28.6 Å². The van der Waals surface area contributed by atoms with Crippen molar-refractivity contribution >= 4 is 41.2 Å². The zero-order chi connectivity index (χ0) is 21.8. The van der Waals surface area contributed by atoms with Crippen LogP contribution in [0, 0.1) is 0 Å². The molecule has 1 aliphatic rings. The van der Waals surface area contributed by atoms with Crippen LogP contribution in [0.15, 0.2) is 42.0 Å². The summed E-state index contributed by atoms with van der Waals surface area (Å²) < 4.78 is 15.8. The van der Waals surface area contributed by atoms with E-state index < -0.39 is 17.8 Å². The SMILES string of the molecule is CCOc1ccc(N2C(=O)NC(=O)/C(=C\c3cc(Cl)c(OC)c(OC)c3)C2=O)cc1. The molecule has 4 amide bonds. The van der Waals surface area contributed by atoms with E-state index in [1.807, 2.05) is 6.92 Å². The third-order valence-electron chi connectivity index (χ3n) is 4.27. The Labute approximate surface area is 178 Å². The maximum atomic E-state index is 13.0. The van der Waals surface area contributed by atoms with Gasteiger partial charge in [0.2, 0.25) is 0 Å². The topological polar surface area (TPSA) is 94.2 Å². The smallest absolute Gasteiger partial charge is 0.335 e. The lowest BCUT2D eigenvalue weighted by molar-refractivity contribution is -0.122. The van der Waals surface area contributed by atoms with Crippen LogP contribution in [0.2, 0.25) is 5.02 Å². The van der Waals surface area contributed by atoms with E-state index >= 15 is 0 Å². The first-order chi connectivity index (χ1) is 14.4. The standard InChI is InChI=1S/C21H19ClN2O6/c1-4-30-14-7-5-13(6-8-14)24-20(26)15(19(25)23-21(24)27)9-12-10-16(22)18(29-3)17(11-12)28-2/h5-11H,4H2,1-3H3,(H,23,25,27)/b15-9+. The second-order valence-corrected chi connectivity index (χ2v) is 6.53. The fourth-order valence-electron chi connectivity index (χ4n) is 2.94. The highest BCUT2D eigenvalue weighted by Crippen LogP contribution is 2.37. The second kappa shape index (κ2) is 8.87. The first-order valence-corrected chi connectivity index (χ1v) is 9.33. The first-order valence-electron chi connectivity index (χ1n) is 8.95. The van der Waals surface area contributed by atoms with Gasteiger partial charge in [0.25, 0.3) is 11.8 Å². The van der Waals surface area contributed by atoms with E-state index in [1.165, 1.54) is 26.4 Å². The van der Waals surface area contributed by atoms with E-state index in [0.717, 1.165) is 4.90 Å². The van der Waals surface area contributed by atoms with Crippen LogP contribution in [0.1, 0.15) is 12.5 Å². The summed E-state index contributed by atoms with van der Waals surface area (Å²) >= 11 is 6.20.